The lowest BCUT2D eigenvalue weighted by Gasteiger charge is -2.35. The maximum absolute atomic E-state index is 7.42. The first-order chi connectivity index (χ1) is 9.95. The summed E-state index contributed by atoms with van der Waals surface area (Å²) in [5.74, 6) is -0.0547. The third kappa shape index (κ3) is 4.41. The molecule has 0 amide bonds. The second-order valence-corrected chi connectivity index (χ2v) is 5.74. The van der Waals surface area contributed by atoms with E-state index in [0.29, 0.717) is 0 Å². The van der Waals surface area contributed by atoms with Crippen LogP contribution >= 0.6 is 0 Å². The molecule has 0 aliphatic carbocycles. The van der Waals surface area contributed by atoms with Crippen molar-refractivity contribution in [3.63, 3.8) is 0 Å². The molecule has 21 heavy (non-hydrogen) atoms. The molecule has 0 spiro atoms. The smallest absolute Gasteiger partial charge is 0.190 e. The Labute approximate surface area is 126 Å². The van der Waals surface area contributed by atoms with Crippen molar-refractivity contribution in [1.82, 2.24) is 9.88 Å². The largest absolute Gasteiger partial charge is 0.373 e. The van der Waals surface area contributed by atoms with Crippen molar-refractivity contribution in [3.8, 4) is 0 Å². The Morgan fingerprint density at radius 1 is 1.48 bits per heavy atom. The van der Waals surface area contributed by atoms with Crippen LogP contribution in [0.2, 0.25) is 0 Å². The van der Waals surface area contributed by atoms with Gasteiger partial charge in [-0.05, 0) is 38.8 Å². The number of nitrogens with one attached hydrogen (secondary N) is 2. The second-order valence-electron chi connectivity index (χ2n) is 5.74. The molecule has 2 rings (SSSR count). The number of nitrogens with zero attached hydrogens (tertiary/aromatic N) is 2. The topological polar surface area (TPSA) is 87.3 Å². The fraction of sp³-hybridized carbons (Fsp3) is 0.600. The molecular formula is C15H25N5O. The van der Waals surface area contributed by atoms with Crippen LogP contribution in [0.4, 0.5) is 5.69 Å². The lowest BCUT2D eigenvalue weighted by Crippen LogP contribution is -2.46. The molecular weight excluding hydrogens is 266 g/mol. The third-order valence-electron chi connectivity index (χ3n) is 3.68. The predicted octanol–water partition coefficient (Wildman–Crippen LogP) is 1.35. The lowest BCUT2D eigenvalue weighted by molar-refractivity contribution is -0.0675. The van der Waals surface area contributed by atoms with Crippen LogP contribution in [0.3, 0.4) is 0 Å². The van der Waals surface area contributed by atoms with E-state index in [1.54, 1.807) is 6.20 Å². The molecule has 2 unspecified atom stereocenters. The van der Waals surface area contributed by atoms with Crippen molar-refractivity contribution in [2.75, 3.05) is 25.0 Å². The van der Waals surface area contributed by atoms with E-state index in [2.05, 4.69) is 29.0 Å². The van der Waals surface area contributed by atoms with Crippen molar-refractivity contribution in [2.24, 2.45) is 5.73 Å². The first-order valence-electron chi connectivity index (χ1n) is 7.39. The molecule has 1 fully saturated rings. The normalized spacial score (nSPS) is 23.0. The minimum atomic E-state index is -0.0547. The van der Waals surface area contributed by atoms with E-state index in [1.807, 2.05) is 13.0 Å². The summed E-state index contributed by atoms with van der Waals surface area (Å²) in [6.07, 6.45) is 3.27. The summed E-state index contributed by atoms with van der Waals surface area (Å²) in [5, 5.41) is 10.3. The summed E-state index contributed by atoms with van der Waals surface area (Å²) < 4.78 is 5.76. The van der Waals surface area contributed by atoms with Gasteiger partial charge in [0.15, 0.2) is 5.96 Å². The second kappa shape index (κ2) is 6.87. The summed E-state index contributed by atoms with van der Waals surface area (Å²) in [4.78, 5) is 6.69. The van der Waals surface area contributed by atoms with Crippen molar-refractivity contribution < 1.29 is 4.74 Å². The number of aryl methyl sites for hydroxylation is 1. The van der Waals surface area contributed by atoms with Crippen molar-refractivity contribution >= 4 is 11.6 Å². The van der Waals surface area contributed by atoms with Crippen LogP contribution in [0.5, 0.6) is 0 Å². The van der Waals surface area contributed by atoms with Crippen LogP contribution in [0, 0.1) is 12.3 Å². The Morgan fingerprint density at radius 3 is 2.76 bits per heavy atom. The molecule has 2 atom stereocenters. The average molecular weight is 291 g/mol. The zero-order valence-electron chi connectivity index (χ0n) is 13.0. The molecule has 4 N–H and O–H groups in total. The summed E-state index contributed by atoms with van der Waals surface area (Å²) in [6.45, 7) is 9.04. The molecule has 0 radical (unpaired) electrons. The number of hydrogen-bond acceptors (Lipinski definition) is 4. The fourth-order valence-electron chi connectivity index (χ4n) is 2.88. The molecule has 6 heteroatoms. The number of hydrogen-bond donors (Lipinski definition) is 3. The number of aromatic nitrogens is 1. The lowest BCUT2D eigenvalue weighted by atomic mass is 10.1. The van der Waals surface area contributed by atoms with Gasteiger partial charge in [0.1, 0.15) is 0 Å². The van der Waals surface area contributed by atoms with E-state index < -0.39 is 0 Å². The Bertz CT molecular complexity index is 495. The molecule has 1 aliphatic heterocycles. The highest BCUT2D eigenvalue weighted by atomic mass is 16.5. The van der Waals surface area contributed by atoms with Gasteiger partial charge in [-0.15, -0.1) is 0 Å². The highest BCUT2D eigenvalue weighted by molar-refractivity contribution is 5.91. The van der Waals surface area contributed by atoms with Gasteiger partial charge in [0.2, 0.25) is 0 Å². The Hall–Kier alpha value is -1.66. The third-order valence-corrected chi connectivity index (χ3v) is 3.68. The SMILES string of the molecule is Cc1nccc(CCN2CC(C)OC(C)C2)c1NC(=N)N. The van der Waals surface area contributed by atoms with Crippen LogP contribution in [-0.2, 0) is 11.2 Å². The maximum Gasteiger partial charge on any atom is 0.190 e. The molecule has 1 aromatic rings. The van der Waals surface area contributed by atoms with Gasteiger partial charge in [-0.2, -0.15) is 0 Å². The van der Waals surface area contributed by atoms with Crippen LogP contribution in [-0.4, -0.2) is 47.7 Å². The zero-order chi connectivity index (χ0) is 15.4. The molecule has 0 saturated carbocycles. The first kappa shape index (κ1) is 15.7. The number of morpholine rings is 1. The van der Waals surface area contributed by atoms with Crippen LogP contribution in [0.25, 0.3) is 0 Å². The van der Waals surface area contributed by atoms with Gasteiger partial charge in [-0.1, -0.05) is 0 Å². The summed E-state index contributed by atoms with van der Waals surface area (Å²) in [7, 11) is 0. The molecule has 1 saturated heterocycles. The van der Waals surface area contributed by atoms with Crippen LogP contribution in [0.1, 0.15) is 25.1 Å². The van der Waals surface area contributed by atoms with E-state index in [4.69, 9.17) is 15.9 Å². The number of rotatable bonds is 4. The number of guanidine groups is 1. The van der Waals surface area contributed by atoms with E-state index in [0.717, 1.165) is 43.0 Å². The summed E-state index contributed by atoms with van der Waals surface area (Å²) >= 11 is 0. The minimum Gasteiger partial charge on any atom is -0.373 e. The monoisotopic (exact) mass is 291 g/mol. The average Bonchev–Trinajstić information content (AvgIpc) is 2.38. The fourth-order valence-corrected chi connectivity index (χ4v) is 2.88. The Morgan fingerprint density at radius 2 is 2.14 bits per heavy atom. The number of anilines is 1. The molecule has 1 aliphatic rings. The van der Waals surface area contributed by atoms with Gasteiger partial charge in [-0.3, -0.25) is 15.3 Å². The summed E-state index contributed by atoms with van der Waals surface area (Å²) in [6, 6.07) is 1.99. The molecule has 0 aromatic carbocycles. The molecule has 0 bridgehead atoms. The molecule has 1 aromatic heterocycles. The summed E-state index contributed by atoms with van der Waals surface area (Å²) in [5.41, 5.74) is 8.33. The van der Waals surface area contributed by atoms with Crippen LogP contribution < -0.4 is 11.1 Å². The van der Waals surface area contributed by atoms with Crippen molar-refractivity contribution in [2.45, 2.75) is 39.4 Å². The number of pyridine rings is 1. The first-order valence-corrected chi connectivity index (χ1v) is 7.39. The van der Waals surface area contributed by atoms with Crippen molar-refractivity contribution in [1.29, 1.82) is 5.41 Å². The predicted molar refractivity (Wildman–Crippen MR) is 84.7 cm³/mol. The Kier molecular flexibility index (Phi) is 5.14. The van der Waals surface area contributed by atoms with E-state index in [9.17, 15) is 0 Å². The Balaban J connectivity index is 2.02. The van der Waals surface area contributed by atoms with Crippen LogP contribution in [0.15, 0.2) is 12.3 Å². The number of nitrogens with two attached hydrogens (primary N) is 1. The minimum absolute atomic E-state index is 0.0547. The molecule has 6 nitrogen and oxygen atoms in total. The van der Waals surface area contributed by atoms with Gasteiger partial charge < -0.3 is 15.8 Å². The molecule has 116 valence electrons. The zero-order valence-corrected chi connectivity index (χ0v) is 13.0. The van der Waals surface area contributed by atoms with Gasteiger partial charge in [0.05, 0.1) is 23.6 Å². The van der Waals surface area contributed by atoms with Gasteiger partial charge in [0, 0.05) is 25.8 Å². The highest BCUT2D eigenvalue weighted by Crippen LogP contribution is 2.20. The van der Waals surface area contributed by atoms with E-state index in [1.165, 1.54) is 0 Å². The van der Waals surface area contributed by atoms with Gasteiger partial charge in [0.25, 0.3) is 0 Å². The highest BCUT2D eigenvalue weighted by Gasteiger charge is 2.22. The van der Waals surface area contributed by atoms with Gasteiger partial charge >= 0.3 is 0 Å². The molecule has 2 heterocycles. The van der Waals surface area contributed by atoms with E-state index >= 15 is 0 Å². The van der Waals surface area contributed by atoms with E-state index in [-0.39, 0.29) is 18.2 Å². The van der Waals surface area contributed by atoms with Gasteiger partial charge in [-0.25, -0.2) is 0 Å². The maximum atomic E-state index is 7.42. The number of ether oxygens (including phenoxy) is 1. The quantitative estimate of drug-likeness (QED) is 0.576. The van der Waals surface area contributed by atoms with Crippen molar-refractivity contribution in [3.05, 3.63) is 23.5 Å². The standard InChI is InChI=1S/C15H25N5O/c1-10-8-20(9-11(2)21-10)7-5-13-4-6-18-12(3)14(13)19-15(16)17/h4,6,10-11H,5,7-9H2,1-3H3,(H4,16,17,19).